The van der Waals surface area contributed by atoms with E-state index in [9.17, 15) is 4.79 Å². The monoisotopic (exact) mass is 267 g/mol. The predicted molar refractivity (Wildman–Crippen MR) is 75.9 cm³/mol. The van der Waals surface area contributed by atoms with E-state index in [0.29, 0.717) is 16.9 Å². The Bertz CT molecular complexity index is 673. The molecule has 0 atom stereocenters. The summed E-state index contributed by atoms with van der Waals surface area (Å²) in [5, 5.41) is 11.8. The van der Waals surface area contributed by atoms with Crippen LogP contribution in [0.25, 0.3) is 0 Å². The predicted octanol–water partition coefficient (Wildman–Crippen LogP) is 1.80. The highest BCUT2D eigenvalue weighted by Gasteiger charge is 2.11. The van der Waals surface area contributed by atoms with Gasteiger partial charge in [0, 0.05) is 0 Å². The molecule has 1 aromatic heterocycles. The number of hydrogen-bond donors (Lipinski definition) is 3. The number of carbonyl (C=O) groups is 1. The quantitative estimate of drug-likeness (QED) is 0.581. The number of nitrogens with one attached hydrogen (secondary N) is 2. The van der Waals surface area contributed by atoms with E-state index >= 15 is 0 Å². The summed E-state index contributed by atoms with van der Waals surface area (Å²) >= 11 is 0. The lowest BCUT2D eigenvalue weighted by atomic mass is 10.1. The van der Waals surface area contributed by atoms with Crippen molar-refractivity contribution in [3.8, 4) is 6.07 Å². The largest absolute Gasteiger partial charge is 0.323 e. The lowest BCUT2D eigenvalue weighted by molar-refractivity contribution is 0.102. The SMILES string of the molecule is Cc1cccc(NC(=O)c2ccc(NN)cn2)c1C#N. The maximum absolute atomic E-state index is 12.1. The summed E-state index contributed by atoms with van der Waals surface area (Å²) < 4.78 is 0. The average Bonchev–Trinajstić information content (AvgIpc) is 2.47. The van der Waals surface area contributed by atoms with Gasteiger partial charge in [-0.25, -0.2) is 4.98 Å². The second-order valence-corrected chi connectivity index (χ2v) is 4.14. The number of nitrogens with two attached hydrogens (primary N) is 1. The molecular formula is C14H13N5O. The number of hydrazine groups is 1. The molecule has 6 nitrogen and oxygen atoms in total. The zero-order chi connectivity index (χ0) is 14.5. The Morgan fingerprint density at radius 1 is 1.35 bits per heavy atom. The van der Waals surface area contributed by atoms with Crippen LogP contribution in [0.3, 0.4) is 0 Å². The Balaban J connectivity index is 2.23. The molecule has 0 aliphatic carbocycles. The van der Waals surface area contributed by atoms with Gasteiger partial charge in [-0.15, -0.1) is 0 Å². The minimum Gasteiger partial charge on any atom is -0.323 e. The molecule has 0 saturated heterocycles. The van der Waals surface area contributed by atoms with Gasteiger partial charge in [0.15, 0.2) is 0 Å². The van der Waals surface area contributed by atoms with Crippen molar-refractivity contribution in [3.63, 3.8) is 0 Å². The summed E-state index contributed by atoms with van der Waals surface area (Å²) in [7, 11) is 0. The molecule has 2 rings (SSSR count). The van der Waals surface area contributed by atoms with Gasteiger partial charge in [-0.1, -0.05) is 12.1 Å². The van der Waals surface area contributed by atoms with E-state index in [1.54, 1.807) is 24.3 Å². The molecule has 0 spiro atoms. The molecule has 0 saturated carbocycles. The van der Waals surface area contributed by atoms with E-state index < -0.39 is 0 Å². The van der Waals surface area contributed by atoms with Crippen LogP contribution in [0.4, 0.5) is 11.4 Å². The minimum absolute atomic E-state index is 0.245. The molecule has 1 heterocycles. The zero-order valence-electron chi connectivity index (χ0n) is 10.8. The standard InChI is InChI=1S/C14H13N5O/c1-9-3-2-4-12(11(9)7-15)18-14(20)13-6-5-10(19-16)8-17-13/h2-6,8,19H,16H2,1H3,(H,18,20). The maximum atomic E-state index is 12.1. The van der Waals surface area contributed by atoms with Gasteiger partial charge in [0.1, 0.15) is 11.8 Å². The second kappa shape index (κ2) is 5.82. The molecule has 0 aliphatic heterocycles. The average molecular weight is 267 g/mol. The van der Waals surface area contributed by atoms with Crippen molar-refractivity contribution in [2.75, 3.05) is 10.7 Å². The first-order chi connectivity index (χ1) is 9.65. The van der Waals surface area contributed by atoms with E-state index in [2.05, 4.69) is 21.8 Å². The lowest BCUT2D eigenvalue weighted by Gasteiger charge is -2.08. The van der Waals surface area contributed by atoms with E-state index in [1.807, 2.05) is 13.0 Å². The van der Waals surface area contributed by atoms with Crippen molar-refractivity contribution in [3.05, 3.63) is 53.3 Å². The van der Waals surface area contributed by atoms with Crippen molar-refractivity contribution in [2.24, 2.45) is 5.84 Å². The lowest BCUT2D eigenvalue weighted by Crippen LogP contribution is -2.15. The van der Waals surface area contributed by atoms with Crippen LogP contribution < -0.4 is 16.6 Å². The Hall–Kier alpha value is -2.91. The van der Waals surface area contributed by atoms with Gasteiger partial charge in [0.05, 0.1) is 23.1 Å². The highest BCUT2D eigenvalue weighted by molar-refractivity contribution is 6.03. The van der Waals surface area contributed by atoms with Crippen LogP contribution in [-0.4, -0.2) is 10.9 Å². The number of rotatable bonds is 3. The number of amides is 1. The molecule has 4 N–H and O–H groups in total. The molecule has 0 bridgehead atoms. The summed E-state index contributed by atoms with van der Waals surface area (Å²) in [4.78, 5) is 16.0. The van der Waals surface area contributed by atoms with E-state index in [4.69, 9.17) is 11.1 Å². The number of nitriles is 1. The van der Waals surface area contributed by atoms with E-state index in [0.717, 1.165) is 5.56 Å². The number of hydrogen-bond acceptors (Lipinski definition) is 5. The molecule has 0 unspecified atom stereocenters. The summed E-state index contributed by atoms with van der Waals surface area (Å²) in [6.45, 7) is 1.81. The van der Waals surface area contributed by atoms with Crippen LogP contribution >= 0.6 is 0 Å². The Morgan fingerprint density at radius 3 is 2.75 bits per heavy atom. The Kier molecular flexibility index (Phi) is 3.93. The van der Waals surface area contributed by atoms with Crippen LogP contribution in [0.1, 0.15) is 21.6 Å². The van der Waals surface area contributed by atoms with Gasteiger partial charge in [0.2, 0.25) is 0 Å². The second-order valence-electron chi connectivity index (χ2n) is 4.14. The van der Waals surface area contributed by atoms with Crippen molar-refractivity contribution < 1.29 is 4.79 Å². The molecular weight excluding hydrogens is 254 g/mol. The van der Waals surface area contributed by atoms with Crippen molar-refractivity contribution >= 4 is 17.3 Å². The number of benzene rings is 1. The van der Waals surface area contributed by atoms with Gasteiger partial charge in [-0.2, -0.15) is 5.26 Å². The first kappa shape index (κ1) is 13.5. The number of nitrogen functional groups attached to an aromatic ring is 1. The van der Waals surface area contributed by atoms with Crippen molar-refractivity contribution in [1.29, 1.82) is 5.26 Å². The number of aromatic nitrogens is 1. The maximum Gasteiger partial charge on any atom is 0.274 e. The van der Waals surface area contributed by atoms with Gasteiger partial charge >= 0.3 is 0 Å². The van der Waals surface area contributed by atoms with Crippen LogP contribution in [0, 0.1) is 18.3 Å². The fourth-order valence-electron chi connectivity index (χ4n) is 1.72. The fourth-order valence-corrected chi connectivity index (χ4v) is 1.72. The molecule has 0 radical (unpaired) electrons. The summed E-state index contributed by atoms with van der Waals surface area (Å²) in [5.74, 6) is 4.85. The highest BCUT2D eigenvalue weighted by atomic mass is 16.1. The number of nitrogens with zero attached hydrogens (tertiary/aromatic N) is 2. The molecule has 0 aliphatic rings. The third kappa shape index (κ3) is 2.74. The van der Waals surface area contributed by atoms with Crippen molar-refractivity contribution in [1.82, 2.24) is 4.98 Å². The smallest absolute Gasteiger partial charge is 0.274 e. The summed E-state index contributed by atoms with van der Waals surface area (Å²) in [5.41, 5.74) is 5.01. The van der Waals surface area contributed by atoms with E-state index in [-0.39, 0.29) is 11.6 Å². The zero-order valence-corrected chi connectivity index (χ0v) is 10.8. The van der Waals surface area contributed by atoms with Gasteiger partial charge in [-0.3, -0.25) is 10.6 Å². The third-order valence-corrected chi connectivity index (χ3v) is 2.80. The highest BCUT2D eigenvalue weighted by Crippen LogP contribution is 2.19. The first-order valence-electron chi connectivity index (χ1n) is 5.89. The fraction of sp³-hybridized carbons (Fsp3) is 0.0714. The number of pyridine rings is 1. The Labute approximate surface area is 116 Å². The Morgan fingerprint density at radius 2 is 2.15 bits per heavy atom. The number of aryl methyl sites for hydroxylation is 1. The minimum atomic E-state index is -0.379. The molecule has 6 heteroatoms. The molecule has 1 amide bonds. The topological polar surface area (TPSA) is 104 Å². The van der Waals surface area contributed by atoms with E-state index in [1.165, 1.54) is 6.20 Å². The molecule has 0 fully saturated rings. The van der Waals surface area contributed by atoms with Gasteiger partial charge in [0.25, 0.3) is 5.91 Å². The summed E-state index contributed by atoms with van der Waals surface area (Å²) in [6, 6.07) is 10.5. The molecule has 2 aromatic rings. The van der Waals surface area contributed by atoms with Crippen LogP contribution in [-0.2, 0) is 0 Å². The van der Waals surface area contributed by atoms with Crippen molar-refractivity contribution in [2.45, 2.75) is 6.92 Å². The van der Waals surface area contributed by atoms with Gasteiger partial charge < -0.3 is 10.7 Å². The first-order valence-corrected chi connectivity index (χ1v) is 5.89. The normalized spacial score (nSPS) is 9.65. The van der Waals surface area contributed by atoms with Gasteiger partial charge in [-0.05, 0) is 30.7 Å². The van der Waals surface area contributed by atoms with Crippen LogP contribution in [0.5, 0.6) is 0 Å². The summed E-state index contributed by atoms with van der Waals surface area (Å²) in [6.07, 6.45) is 1.45. The molecule has 100 valence electrons. The molecule has 20 heavy (non-hydrogen) atoms. The number of carbonyl (C=O) groups excluding carboxylic acids is 1. The molecule has 1 aromatic carbocycles. The third-order valence-electron chi connectivity index (χ3n) is 2.80. The van der Waals surface area contributed by atoms with Crippen LogP contribution in [0.2, 0.25) is 0 Å². The number of anilines is 2. The van der Waals surface area contributed by atoms with Crippen LogP contribution in [0.15, 0.2) is 36.5 Å².